The minimum atomic E-state index is 0.613. The van der Waals surface area contributed by atoms with E-state index in [9.17, 15) is 0 Å². The van der Waals surface area contributed by atoms with Crippen LogP contribution in [0.3, 0.4) is 0 Å². The number of hydrogen-bond acceptors (Lipinski definition) is 4. The third-order valence-corrected chi connectivity index (χ3v) is 2.91. The van der Waals surface area contributed by atoms with Crippen molar-refractivity contribution in [2.45, 2.75) is 31.8 Å². The molecule has 0 radical (unpaired) electrons. The maximum absolute atomic E-state index is 4.25. The highest BCUT2D eigenvalue weighted by Gasteiger charge is 2.15. The maximum atomic E-state index is 4.25. The molecule has 2 heterocycles. The Balaban J connectivity index is 2.37. The van der Waals surface area contributed by atoms with E-state index in [0.717, 1.165) is 24.5 Å². The van der Waals surface area contributed by atoms with Gasteiger partial charge in [0, 0.05) is 6.54 Å². The van der Waals surface area contributed by atoms with E-state index in [4.69, 9.17) is 0 Å². The molecule has 0 aromatic heterocycles. The molecular weight excluding hydrogens is 208 g/mol. The van der Waals surface area contributed by atoms with Crippen molar-refractivity contribution < 1.29 is 0 Å². The van der Waals surface area contributed by atoms with Crippen LogP contribution in [0.1, 0.15) is 20.3 Å². The van der Waals surface area contributed by atoms with Crippen LogP contribution in [-0.4, -0.2) is 19.5 Å². The Morgan fingerprint density at radius 1 is 1.40 bits per heavy atom. The van der Waals surface area contributed by atoms with Crippen molar-refractivity contribution in [2.75, 3.05) is 0 Å². The molecule has 0 fully saturated rings. The number of nitrogens with zero attached hydrogens (tertiary/aromatic N) is 4. The van der Waals surface area contributed by atoms with Crippen LogP contribution in [0.2, 0.25) is 0 Å². The van der Waals surface area contributed by atoms with E-state index in [1.54, 1.807) is 12.7 Å². The lowest BCUT2D eigenvalue weighted by Crippen LogP contribution is -2.11. The second-order valence-corrected chi connectivity index (χ2v) is 4.20. The Labute approximate surface area is 94.5 Å². The van der Waals surface area contributed by atoms with E-state index in [1.807, 2.05) is 4.57 Å². The summed E-state index contributed by atoms with van der Waals surface area (Å²) in [4.78, 5) is 12.6. The highest BCUT2D eigenvalue weighted by atomic mass is 32.1. The van der Waals surface area contributed by atoms with Crippen LogP contribution in [0.25, 0.3) is 11.5 Å². The Kier molecular flexibility index (Phi) is 2.90. The number of rotatable bonds is 3. The van der Waals surface area contributed by atoms with Crippen molar-refractivity contribution in [3.05, 3.63) is 12.7 Å². The van der Waals surface area contributed by atoms with Crippen molar-refractivity contribution in [1.29, 1.82) is 0 Å². The molecule has 2 aliphatic heterocycles. The third-order valence-electron chi connectivity index (χ3n) is 2.59. The monoisotopic (exact) mass is 222 g/mol. The SMILES string of the molecule is CCC(C)Cn1cnc(S)c2ncnc1-2. The fourth-order valence-electron chi connectivity index (χ4n) is 1.47. The molecule has 5 heteroatoms. The quantitative estimate of drug-likeness (QED) is 0.639. The van der Waals surface area contributed by atoms with Crippen LogP contribution >= 0.6 is 12.6 Å². The molecule has 80 valence electrons. The molecule has 1 atom stereocenters. The molecular formula is C10H14N4S. The van der Waals surface area contributed by atoms with E-state index in [1.165, 1.54) is 0 Å². The molecule has 0 bridgehead atoms. The van der Waals surface area contributed by atoms with Crippen LogP contribution in [0.4, 0.5) is 0 Å². The Hall–Kier alpha value is -1.10. The molecule has 2 rings (SSSR count). The van der Waals surface area contributed by atoms with Gasteiger partial charge in [-0.3, -0.25) is 0 Å². The summed E-state index contributed by atoms with van der Waals surface area (Å²) < 4.78 is 2.04. The van der Waals surface area contributed by atoms with E-state index in [0.29, 0.717) is 10.9 Å². The average Bonchev–Trinajstić information content (AvgIpc) is 2.71. The van der Waals surface area contributed by atoms with Gasteiger partial charge in [0.15, 0.2) is 5.82 Å². The first-order valence-corrected chi connectivity index (χ1v) is 5.52. The summed E-state index contributed by atoms with van der Waals surface area (Å²) in [6, 6.07) is 0. The summed E-state index contributed by atoms with van der Waals surface area (Å²) in [7, 11) is 0. The Bertz CT molecular complexity index is 426. The highest BCUT2D eigenvalue weighted by molar-refractivity contribution is 7.80. The lowest BCUT2D eigenvalue weighted by Gasteiger charge is -2.14. The van der Waals surface area contributed by atoms with Gasteiger partial charge in [-0.05, 0) is 5.92 Å². The van der Waals surface area contributed by atoms with Gasteiger partial charge in [0.2, 0.25) is 0 Å². The minimum absolute atomic E-state index is 0.613. The summed E-state index contributed by atoms with van der Waals surface area (Å²) in [5, 5.41) is 0.642. The van der Waals surface area contributed by atoms with Gasteiger partial charge >= 0.3 is 0 Å². The van der Waals surface area contributed by atoms with Crippen molar-refractivity contribution in [3.63, 3.8) is 0 Å². The number of thiol groups is 1. The predicted octanol–water partition coefficient (Wildman–Crippen LogP) is 2.11. The molecule has 1 unspecified atom stereocenters. The molecule has 4 nitrogen and oxygen atoms in total. The largest absolute Gasteiger partial charge is 0.315 e. The van der Waals surface area contributed by atoms with Crippen molar-refractivity contribution in [2.24, 2.45) is 5.92 Å². The van der Waals surface area contributed by atoms with E-state index < -0.39 is 0 Å². The van der Waals surface area contributed by atoms with Crippen molar-refractivity contribution in [3.8, 4) is 11.5 Å². The van der Waals surface area contributed by atoms with Gasteiger partial charge in [-0.25, -0.2) is 15.0 Å². The van der Waals surface area contributed by atoms with Gasteiger partial charge in [-0.15, -0.1) is 12.6 Å². The molecule has 0 amide bonds. The molecule has 2 aliphatic rings. The first kappa shape index (κ1) is 10.4. The molecule has 0 aliphatic carbocycles. The first-order chi connectivity index (χ1) is 7.22. The van der Waals surface area contributed by atoms with Gasteiger partial charge in [0.1, 0.15) is 17.0 Å². The zero-order valence-corrected chi connectivity index (χ0v) is 9.78. The van der Waals surface area contributed by atoms with Gasteiger partial charge in [-0.2, -0.15) is 0 Å². The fourth-order valence-corrected chi connectivity index (χ4v) is 1.68. The van der Waals surface area contributed by atoms with Gasteiger partial charge < -0.3 is 4.57 Å². The summed E-state index contributed by atoms with van der Waals surface area (Å²) in [5.41, 5.74) is 0.782. The Morgan fingerprint density at radius 3 is 2.93 bits per heavy atom. The third kappa shape index (κ3) is 1.97. The lowest BCUT2D eigenvalue weighted by atomic mass is 10.1. The predicted molar refractivity (Wildman–Crippen MR) is 61.1 cm³/mol. The Morgan fingerprint density at radius 2 is 2.20 bits per heavy atom. The fraction of sp³-hybridized carbons (Fsp3) is 0.500. The number of imidazole rings is 1. The molecule has 0 spiro atoms. The maximum Gasteiger partial charge on any atom is 0.164 e. The van der Waals surface area contributed by atoms with Crippen LogP contribution in [0, 0.1) is 5.92 Å². The zero-order valence-electron chi connectivity index (χ0n) is 8.88. The van der Waals surface area contributed by atoms with Gasteiger partial charge in [0.05, 0.1) is 6.33 Å². The number of fused-ring (bicyclic) bond motifs is 1. The van der Waals surface area contributed by atoms with E-state index in [2.05, 4.69) is 41.4 Å². The summed E-state index contributed by atoms with van der Waals surface area (Å²) in [6.45, 7) is 5.32. The lowest BCUT2D eigenvalue weighted by molar-refractivity contribution is 0.462. The second kappa shape index (κ2) is 4.18. The van der Waals surface area contributed by atoms with Gasteiger partial charge in [-0.1, -0.05) is 20.3 Å². The molecule has 0 saturated heterocycles. The molecule has 0 N–H and O–H groups in total. The van der Waals surface area contributed by atoms with E-state index >= 15 is 0 Å². The van der Waals surface area contributed by atoms with Crippen LogP contribution in [0.15, 0.2) is 17.7 Å². The molecule has 0 saturated carbocycles. The molecule has 0 aromatic rings. The topological polar surface area (TPSA) is 43.6 Å². The minimum Gasteiger partial charge on any atom is -0.315 e. The normalized spacial score (nSPS) is 13.3. The van der Waals surface area contributed by atoms with E-state index in [-0.39, 0.29) is 0 Å². The van der Waals surface area contributed by atoms with Crippen LogP contribution in [0.5, 0.6) is 0 Å². The summed E-state index contributed by atoms with van der Waals surface area (Å²) >= 11 is 4.25. The highest BCUT2D eigenvalue weighted by Crippen LogP contribution is 2.23. The van der Waals surface area contributed by atoms with Crippen LogP contribution < -0.4 is 0 Å². The van der Waals surface area contributed by atoms with Crippen molar-refractivity contribution >= 4 is 12.6 Å². The molecule has 0 aromatic carbocycles. The van der Waals surface area contributed by atoms with Crippen molar-refractivity contribution in [1.82, 2.24) is 19.5 Å². The summed E-state index contributed by atoms with van der Waals surface area (Å²) in [5.74, 6) is 1.48. The van der Waals surface area contributed by atoms with Crippen LogP contribution in [-0.2, 0) is 6.54 Å². The number of aromatic nitrogens is 4. The summed E-state index contributed by atoms with van der Waals surface area (Å²) in [6.07, 6.45) is 4.48. The number of hydrogen-bond donors (Lipinski definition) is 1. The van der Waals surface area contributed by atoms with Gasteiger partial charge in [0.25, 0.3) is 0 Å². The zero-order chi connectivity index (χ0) is 10.8. The smallest absolute Gasteiger partial charge is 0.164 e. The average molecular weight is 222 g/mol. The molecule has 15 heavy (non-hydrogen) atoms. The first-order valence-electron chi connectivity index (χ1n) is 5.07. The second-order valence-electron chi connectivity index (χ2n) is 3.78. The standard InChI is InChI=1S/C10H14N4S/c1-3-7(2)4-14-6-13-10(15)8-9(14)12-5-11-8/h5-7,15H,3-4H2,1-2H3.